The van der Waals surface area contributed by atoms with Gasteiger partial charge in [0.15, 0.2) is 0 Å². The van der Waals surface area contributed by atoms with Crippen molar-refractivity contribution in [2.24, 2.45) is 0 Å². The first kappa shape index (κ1) is 12.9. The van der Waals surface area contributed by atoms with E-state index in [0.29, 0.717) is 13.0 Å². The van der Waals surface area contributed by atoms with Crippen LogP contribution < -0.4 is 0 Å². The van der Waals surface area contributed by atoms with Gasteiger partial charge in [0, 0.05) is 17.8 Å². The number of aromatic nitrogens is 2. The number of hydrogen-bond donors (Lipinski definition) is 2. The Balaban J connectivity index is 1.91. The average Bonchev–Trinajstić information content (AvgIpc) is 2.84. The topological polar surface area (TPSA) is 69.2 Å². The van der Waals surface area contributed by atoms with E-state index in [9.17, 15) is 9.18 Å². The number of rotatable bonds is 1. The summed E-state index contributed by atoms with van der Waals surface area (Å²) in [6.45, 7) is 2.28. The molecule has 1 aliphatic rings. The SMILES string of the molecule is Cc1cc2cn[nH]c2cc1C1CCN(C(=O)O)CC1F. The molecule has 0 radical (unpaired) electrons. The van der Waals surface area contributed by atoms with Gasteiger partial charge in [-0.25, -0.2) is 9.18 Å². The van der Waals surface area contributed by atoms with Crippen LogP contribution in [0.25, 0.3) is 10.9 Å². The van der Waals surface area contributed by atoms with Crippen molar-refractivity contribution in [3.05, 3.63) is 29.5 Å². The van der Waals surface area contributed by atoms with Crippen LogP contribution >= 0.6 is 0 Å². The molecule has 5 nitrogen and oxygen atoms in total. The van der Waals surface area contributed by atoms with Gasteiger partial charge in [-0.1, -0.05) is 0 Å². The highest BCUT2D eigenvalue weighted by molar-refractivity contribution is 5.80. The van der Waals surface area contributed by atoms with Gasteiger partial charge in [0.25, 0.3) is 0 Å². The minimum Gasteiger partial charge on any atom is -0.465 e. The van der Waals surface area contributed by atoms with E-state index in [-0.39, 0.29) is 12.5 Å². The molecule has 0 bridgehead atoms. The molecule has 6 heteroatoms. The number of aryl methyl sites for hydroxylation is 1. The highest BCUT2D eigenvalue weighted by atomic mass is 19.1. The van der Waals surface area contributed by atoms with E-state index in [4.69, 9.17) is 5.11 Å². The summed E-state index contributed by atoms with van der Waals surface area (Å²) in [6, 6.07) is 3.93. The summed E-state index contributed by atoms with van der Waals surface area (Å²) >= 11 is 0. The maximum absolute atomic E-state index is 14.3. The number of amides is 1. The Labute approximate surface area is 115 Å². The van der Waals surface area contributed by atoms with Crippen molar-refractivity contribution in [3.63, 3.8) is 0 Å². The lowest BCUT2D eigenvalue weighted by Gasteiger charge is -2.33. The molecule has 1 aromatic heterocycles. The van der Waals surface area contributed by atoms with E-state index >= 15 is 0 Å². The maximum atomic E-state index is 14.3. The number of carboxylic acid groups (broad SMARTS) is 1. The first-order valence-corrected chi connectivity index (χ1v) is 6.62. The van der Waals surface area contributed by atoms with Crippen LogP contribution in [0.4, 0.5) is 9.18 Å². The van der Waals surface area contributed by atoms with Crippen LogP contribution in [0, 0.1) is 6.92 Å². The van der Waals surface area contributed by atoms with E-state index in [1.807, 2.05) is 19.1 Å². The van der Waals surface area contributed by atoms with Gasteiger partial charge in [0.05, 0.1) is 18.3 Å². The summed E-state index contributed by atoms with van der Waals surface area (Å²) in [7, 11) is 0. The zero-order valence-electron chi connectivity index (χ0n) is 11.1. The van der Waals surface area contributed by atoms with E-state index in [1.54, 1.807) is 6.20 Å². The van der Waals surface area contributed by atoms with Crippen LogP contribution in [0.1, 0.15) is 23.5 Å². The third kappa shape index (κ3) is 2.11. The van der Waals surface area contributed by atoms with Gasteiger partial charge >= 0.3 is 6.09 Å². The summed E-state index contributed by atoms with van der Waals surface area (Å²) < 4.78 is 14.3. The largest absolute Gasteiger partial charge is 0.465 e. The Morgan fingerprint density at radius 3 is 3.05 bits per heavy atom. The van der Waals surface area contributed by atoms with Crippen LogP contribution in [-0.4, -0.2) is 45.6 Å². The lowest BCUT2D eigenvalue weighted by molar-refractivity contribution is 0.0962. The minimum atomic E-state index is -1.17. The maximum Gasteiger partial charge on any atom is 0.407 e. The molecule has 1 aliphatic heterocycles. The van der Waals surface area contributed by atoms with Gasteiger partial charge in [-0.15, -0.1) is 0 Å². The predicted molar refractivity (Wildman–Crippen MR) is 72.7 cm³/mol. The number of H-pyrrole nitrogens is 1. The quantitative estimate of drug-likeness (QED) is 0.842. The summed E-state index contributed by atoms with van der Waals surface area (Å²) in [5, 5.41) is 16.8. The molecule has 0 spiro atoms. The lowest BCUT2D eigenvalue weighted by Crippen LogP contribution is -2.43. The average molecular weight is 277 g/mol. The van der Waals surface area contributed by atoms with Crippen LogP contribution in [-0.2, 0) is 0 Å². The Hall–Kier alpha value is -2.11. The molecule has 2 atom stereocenters. The van der Waals surface area contributed by atoms with Gasteiger partial charge in [-0.05, 0) is 36.6 Å². The molecule has 3 rings (SSSR count). The molecule has 2 unspecified atom stereocenters. The Morgan fingerprint density at radius 2 is 2.35 bits per heavy atom. The first-order valence-electron chi connectivity index (χ1n) is 6.62. The molecule has 2 N–H and O–H groups in total. The second-order valence-electron chi connectivity index (χ2n) is 5.31. The van der Waals surface area contributed by atoms with E-state index in [1.165, 1.54) is 0 Å². The van der Waals surface area contributed by atoms with Crippen molar-refractivity contribution >= 4 is 17.0 Å². The van der Waals surface area contributed by atoms with Crippen molar-refractivity contribution in [2.45, 2.75) is 25.4 Å². The first-order chi connectivity index (χ1) is 9.56. The lowest BCUT2D eigenvalue weighted by atomic mass is 9.85. The number of halogens is 1. The molecule has 0 aliphatic carbocycles. The smallest absolute Gasteiger partial charge is 0.407 e. The second-order valence-corrected chi connectivity index (χ2v) is 5.31. The predicted octanol–water partition coefficient (Wildman–Crippen LogP) is 2.68. The number of fused-ring (bicyclic) bond motifs is 1. The number of aromatic amines is 1. The summed E-state index contributed by atoms with van der Waals surface area (Å²) in [5.74, 6) is -0.252. The third-order valence-electron chi connectivity index (χ3n) is 4.04. The number of hydrogen-bond acceptors (Lipinski definition) is 2. The van der Waals surface area contributed by atoms with E-state index in [2.05, 4.69) is 10.2 Å². The van der Waals surface area contributed by atoms with E-state index < -0.39 is 12.3 Å². The highest BCUT2D eigenvalue weighted by Crippen LogP contribution is 2.34. The fourth-order valence-electron chi connectivity index (χ4n) is 2.95. The van der Waals surface area contributed by atoms with Gasteiger partial charge in [-0.3, -0.25) is 5.10 Å². The summed E-state index contributed by atoms with van der Waals surface area (Å²) in [6.07, 6.45) is 0.0331. The zero-order valence-corrected chi connectivity index (χ0v) is 11.1. The highest BCUT2D eigenvalue weighted by Gasteiger charge is 2.33. The second kappa shape index (κ2) is 4.77. The Morgan fingerprint density at radius 1 is 1.55 bits per heavy atom. The summed E-state index contributed by atoms with van der Waals surface area (Å²) in [4.78, 5) is 12.0. The van der Waals surface area contributed by atoms with Crippen molar-refractivity contribution in [1.29, 1.82) is 0 Å². The number of benzene rings is 1. The third-order valence-corrected chi connectivity index (χ3v) is 4.04. The molecular weight excluding hydrogens is 261 g/mol. The molecule has 20 heavy (non-hydrogen) atoms. The fraction of sp³-hybridized carbons (Fsp3) is 0.429. The molecule has 1 saturated heterocycles. The van der Waals surface area contributed by atoms with E-state index in [0.717, 1.165) is 26.9 Å². The molecular formula is C14H16FN3O2. The Bertz CT molecular complexity index is 655. The molecule has 1 amide bonds. The molecule has 2 heterocycles. The monoisotopic (exact) mass is 277 g/mol. The van der Waals surface area contributed by atoms with Crippen LogP contribution in [0.2, 0.25) is 0 Å². The number of nitrogens with one attached hydrogen (secondary N) is 1. The van der Waals surface area contributed by atoms with Crippen LogP contribution in [0.15, 0.2) is 18.3 Å². The van der Waals surface area contributed by atoms with Gasteiger partial charge in [0.2, 0.25) is 0 Å². The normalized spacial score (nSPS) is 23.2. The standard InChI is InChI=1S/C14H16FN3O2/c1-8-4-9-6-16-17-13(9)5-11(8)10-2-3-18(14(19)20)7-12(10)15/h4-6,10,12H,2-3,7H2,1H3,(H,16,17)(H,19,20). The number of nitrogens with zero attached hydrogens (tertiary/aromatic N) is 2. The fourth-order valence-corrected chi connectivity index (χ4v) is 2.95. The molecule has 2 aromatic rings. The summed E-state index contributed by atoms with van der Waals surface area (Å²) in [5.41, 5.74) is 2.85. The van der Waals surface area contributed by atoms with Crippen molar-refractivity contribution in [2.75, 3.05) is 13.1 Å². The van der Waals surface area contributed by atoms with Gasteiger partial charge in [0.1, 0.15) is 6.17 Å². The van der Waals surface area contributed by atoms with Crippen LogP contribution in [0.3, 0.4) is 0 Å². The Kier molecular flexibility index (Phi) is 3.08. The van der Waals surface area contributed by atoms with Gasteiger partial charge < -0.3 is 10.0 Å². The molecule has 1 fully saturated rings. The minimum absolute atomic E-state index is 0.0551. The number of likely N-dealkylation sites (tertiary alicyclic amines) is 1. The van der Waals surface area contributed by atoms with Gasteiger partial charge in [-0.2, -0.15) is 5.10 Å². The molecule has 106 valence electrons. The van der Waals surface area contributed by atoms with Crippen molar-refractivity contribution in [1.82, 2.24) is 15.1 Å². The van der Waals surface area contributed by atoms with Crippen LogP contribution in [0.5, 0.6) is 0 Å². The number of carbonyl (C=O) groups is 1. The molecule has 0 saturated carbocycles. The molecule has 1 aromatic carbocycles. The number of alkyl halides is 1. The zero-order chi connectivity index (χ0) is 14.3. The number of piperidine rings is 1. The van der Waals surface area contributed by atoms with Crippen molar-refractivity contribution < 1.29 is 14.3 Å². The van der Waals surface area contributed by atoms with Crippen molar-refractivity contribution in [3.8, 4) is 0 Å².